The lowest BCUT2D eigenvalue weighted by atomic mass is 9.76. The van der Waals surface area contributed by atoms with Crippen molar-refractivity contribution in [3.05, 3.63) is 32.0 Å². The van der Waals surface area contributed by atoms with E-state index in [-0.39, 0.29) is 11.4 Å². The zero-order chi connectivity index (χ0) is 12.6. The minimum absolute atomic E-state index is 0.0368. The molecule has 5 nitrogen and oxygen atoms in total. The fourth-order valence-corrected chi connectivity index (χ4v) is 3.43. The van der Waals surface area contributed by atoms with Gasteiger partial charge in [0.25, 0.3) is 5.91 Å². The molecule has 1 aliphatic rings. The molecule has 0 atom stereocenters. The second-order valence-corrected chi connectivity index (χ2v) is 7.17. The smallest absolute Gasteiger partial charge is 0.252 e. The Morgan fingerprint density at radius 2 is 2.39 bits per heavy atom. The standard InChI is InChI=1S/C11H11IN4OS/c12-8-4-7(5-18-8)9(17)15-11(2-1-3-11)10-13-6-14-16-10/h4-6H,1-3H2,(H,15,17)(H,13,14,16). The summed E-state index contributed by atoms with van der Waals surface area (Å²) in [5, 5.41) is 11.7. The lowest BCUT2D eigenvalue weighted by molar-refractivity contribution is 0.0810. The lowest BCUT2D eigenvalue weighted by Crippen LogP contribution is -2.51. The van der Waals surface area contributed by atoms with E-state index in [1.165, 1.54) is 6.33 Å². The molecule has 94 valence electrons. The summed E-state index contributed by atoms with van der Waals surface area (Å²) in [7, 11) is 0. The molecule has 1 amide bonds. The molecule has 2 heterocycles. The normalized spacial score (nSPS) is 17.2. The monoisotopic (exact) mass is 374 g/mol. The summed E-state index contributed by atoms with van der Waals surface area (Å²) in [6.45, 7) is 0. The maximum absolute atomic E-state index is 12.2. The molecule has 1 aliphatic carbocycles. The molecular weight excluding hydrogens is 363 g/mol. The highest BCUT2D eigenvalue weighted by Crippen LogP contribution is 2.39. The maximum atomic E-state index is 12.2. The van der Waals surface area contributed by atoms with Crippen LogP contribution in [-0.2, 0) is 5.54 Å². The number of amides is 1. The Labute approximate surface area is 122 Å². The first kappa shape index (κ1) is 12.1. The summed E-state index contributed by atoms with van der Waals surface area (Å²) in [6, 6.07) is 1.90. The third kappa shape index (κ3) is 2.05. The minimum Gasteiger partial charge on any atom is -0.339 e. The van der Waals surface area contributed by atoms with Crippen molar-refractivity contribution in [3.8, 4) is 0 Å². The Bertz CT molecular complexity index is 561. The molecule has 0 radical (unpaired) electrons. The Balaban J connectivity index is 1.81. The van der Waals surface area contributed by atoms with Gasteiger partial charge in [0.15, 0.2) is 0 Å². The Morgan fingerprint density at radius 3 is 2.89 bits per heavy atom. The predicted molar refractivity (Wildman–Crippen MR) is 76.4 cm³/mol. The molecule has 2 N–H and O–H groups in total. The largest absolute Gasteiger partial charge is 0.339 e. The number of thiophene rings is 1. The van der Waals surface area contributed by atoms with E-state index in [1.807, 2.05) is 11.4 Å². The van der Waals surface area contributed by atoms with E-state index in [2.05, 4.69) is 43.1 Å². The lowest BCUT2D eigenvalue weighted by Gasteiger charge is -2.40. The van der Waals surface area contributed by atoms with Gasteiger partial charge in [-0.2, -0.15) is 5.10 Å². The molecule has 0 aliphatic heterocycles. The number of aromatic nitrogens is 3. The number of hydrogen-bond donors (Lipinski definition) is 2. The van der Waals surface area contributed by atoms with Crippen LogP contribution in [0, 0.1) is 2.88 Å². The number of hydrogen-bond acceptors (Lipinski definition) is 4. The van der Waals surface area contributed by atoms with E-state index in [0.717, 1.165) is 33.5 Å². The van der Waals surface area contributed by atoms with Crippen molar-refractivity contribution in [3.63, 3.8) is 0 Å². The molecular formula is C11H11IN4OS. The van der Waals surface area contributed by atoms with Crippen LogP contribution < -0.4 is 5.32 Å². The number of carbonyl (C=O) groups excluding carboxylic acids is 1. The number of rotatable bonds is 3. The van der Waals surface area contributed by atoms with Gasteiger partial charge in [0, 0.05) is 5.38 Å². The van der Waals surface area contributed by atoms with Crippen LogP contribution in [0.4, 0.5) is 0 Å². The first-order valence-corrected chi connectivity index (χ1v) is 7.58. The average Bonchev–Trinajstić information content (AvgIpc) is 2.93. The zero-order valence-electron chi connectivity index (χ0n) is 9.44. The molecule has 2 aromatic rings. The van der Waals surface area contributed by atoms with Gasteiger partial charge in [0.2, 0.25) is 0 Å². The third-order valence-corrected chi connectivity index (χ3v) is 5.05. The second-order valence-electron chi connectivity index (χ2n) is 4.36. The fraction of sp³-hybridized carbons (Fsp3) is 0.364. The van der Waals surface area contributed by atoms with Crippen LogP contribution in [0.2, 0.25) is 0 Å². The molecule has 0 aromatic carbocycles. The van der Waals surface area contributed by atoms with Crippen molar-refractivity contribution in [2.75, 3.05) is 0 Å². The van der Waals surface area contributed by atoms with Crippen LogP contribution in [0.15, 0.2) is 17.8 Å². The van der Waals surface area contributed by atoms with Gasteiger partial charge in [-0.1, -0.05) is 0 Å². The Hall–Kier alpha value is -0.960. The first-order chi connectivity index (χ1) is 8.70. The maximum Gasteiger partial charge on any atom is 0.252 e. The molecule has 1 fully saturated rings. The quantitative estimate of drug-likeness (QED) is 0.810. The molecule has 0 unspecified atom stereocenters. The molecule has 3 rings (SSSR count). The number of nitrogens with one attached hydrogen (secondary N) is 2. The van der Waals surface area contributed by atoms with Crippen molar-refractivity contribution in [1.29, 1.82) is 0 Å². The van der Waals surface area contributed by atoms with E-state index in [0.29, 0.717) is 0 Å². The van der Waals surface area contributed by atoms with E-state index in [1.54, 1.807) is 11.3 Å². The van der Waals surface area contributed by atoms with Gasteiger partial charge in [0.05, 0.1) is 14.0 Å². The summed E-state index contributed by atoms with van der Waals surface area (Å²) < 4.78 is 1.11. The highest BCUT2D eigenvalue weighted by Gasteiger charge is 2.42. The highest BCUT2D eigenvalue weighted by atomic mass is 127. The number of aromatic amines is 1. The highest BCUT2D eigenvalue weighted by molar-refractivity contribution is 14.1. The van der Waals surface area contributed by atoms with E-state index in [4.69, 9.17) is 0 Å². The SMILES string of the molecule is O=C(NC1(c2ncn[nH]2)CCC1)c1csc(I)c1. The molecule has 1 saturated carbocycles. The van der Waals surface area contributed by atoms with Gasteiger partial charge in [-0.05, 0) is 47.9 Å². The molecule has 7 heteroatoms. The number of carbonyl (C=O) groups is 1. The van der Waals surface area contributed by atoms with Crippen LogP contribution >= 0.6 is 33.9 Å². The fourth-order valence-electron chi connectivity index (χ4n) is 2.11. The minimum atomic E-state index is -0.346. The van der Waals surface area contributed by atoms with Crippen LogP contribution in [0.3, 0.4) is 0 Å². The molecule has 18 heavy (non-hydrogen) atoms. The van der Waals surface area contributed by atoms with Crippen LogP contribution in [-0.4, -0.2) is 21.1 Å². The molecule has 0 bridgehead atoms. The van der Waals surface area contributed by atoms with Crippen LogP contribution in [0.25, 0.3) is 0 Å². The van der Waals surface area contributed by atoms with Gasteiger partial charge in [-0.3, -0.25) is 9.89 Å². The van der Waals surface area contributed by atoms with E-state index < -0.39 is 0 Å². The summed E-state index contributed by atoms with van der Waals surface area (Å²) in [4.78, 5) is 16.4. The summed E-state index contributed by atoms with van der Waals surface area (Å²) in [5.74, 6) is 0.720. The summed E-state index contributed by atoms with van der Waals surface area (Å²) >= 11 is 3.79. The van der Waals surface area contributed by atoms with Gasteiger partial charge in [-0.25, -0.2) is 4.98 Å². The van der Waals surface area contributed by atoms with Gasteiger partial charge in [-0.15, -0.1) is 11.3 Å². The topological polar surface area (TPSA) is 70.7 Å². The molecule has 0 saturated heterocycles. The van der Waals surface area contributed by atoms with Crippen molar-refractivity contribution in [1.82, 2.24) is 20.5 Å². The Morgan fingerprint density at radius 1 is 1.56 bits per heavy atom. The third-order valence-electron chi connectivity index (χ3n) is 3.26. The predicted octanol–water partition coefficient (Wildman–Crippen LogP) is 2.28. The van der Waals surface area contributed by atoms with Crippen LogP contribution in [0.1, 0.15) is 35.4 Å². The number of halogens is 1. The van der Waals surface area contributed by atoms with Gasteiger partial charge in [0.1, 0.15) is 12.2 Å². The van der Waals surface area contributed by atoms with E-state index in [9.17, 15) is 4.79 Å². The van der Waals surface area contributed by atoms with Gasteiger partial charge >= 0.3 is 0 Å². The van der Waals surface area contributed by atoms with Crippen molar-refractivity contribution >= 4 is 39.8 Å². The summed E-state index contributed by atoms with van der Waals surface area (Å²) in [6.07, 6.45) is 4.40. The van der Waals surface area contributed by atoms with Crippen molar-refractivity contribution < 1.29 is 4.79 Å². The first-order valence-electron chi connectivity index (χ1n) is 5.62. The average molecular weight is 374 g/mol. The zero-order valence-corrected chi connectivity index (χ0v) is 12.4. The number of nitrogens with zero attached hydrogens (tertiary/aromatic N) is 2. The Kier molecular flexibility index (Phi) is 3.10. The van der Waals surface area contributed by atoms with Crippen LogP contribution in [0.5, 0.6) is 0 Å². The molecule has 2 aromatic heterocycles. The van der Waals surface area contributed by atoms with Crippen molar-refractivity contribution in [2.24, 2.45) is 0 Å². The molecule has 0 spiro atoms. The summed E-state index contributed by atoms with van der Waals surface area (Å²) in [5.41, 5.74) is 0.371. The number of H-pyrrole nitrogens is 1. The van der Waals surface area contributed by atoms with Crippen molar-refractivity contribution in [2.45, 2.75) is 24.8 Å². The van der Waals surface area contributed by atoms with Gasteiger partial charge < -0.3 is 5.32 Å². The second kappa shape index (κ2) is 4.61. The van der Waals surface area contributed by atoms with E-state index >= 15 is 0 Å².